The quantitative estimate of drug-likeness (QED) is 0.784. The average molecular weight is 283 g/mol. The number of halogens is 2. The van der Waals surface area contributed by atoms with E-state index >= 15 is 0 Å². The summed E-state index contributed by atoms with van der Waals surface area (Å²) in [5.41, 5.74) is 1.15. The molecule has 0 fully saturated rings. The molecular formula is C8H8ClIO. The molecule has 1 aromatic carbocycles. The molecule has 0 aliphatic heterocycles. The van der Waals surface area contributed by atoms with E-state index < -0.39 is 0 Å². The minimum Gasteiger partial charge on any atom is -0.505 e. The minimum absolute atomic E-state index is 0.185. The number of aromatic hydroxyl groups is 1. The summed E-state index contributed by atoms with van der Waals surface area (Å²) in [4.78, 5) is 0. The van der Waals surface area contributed by atoms with Gasteiger partial charge in [0.1, 0.15) is 5.75 Å². The molecule has 0 aliphatic carbocycles. The van der Waals surface area contributed by atoms with Gasteiger partial charge in [-0.3, -0.25) is 0 Å². The van der Waals surface area contributed by atoms with Gasteiger partial charge in [0, 0.05) is 0 Å². The van der Waals surface area contributed by atoms with Crippen molar-refractivity contribution in [2.24, 2.45) is 0 Å². The summed E-state index contributed by atoms with van der Waals surface area (Å²) < 4.78 is 0.812. The van der Waals surface area contributed by atoms with Gasteiger partial charge in [0.15, 0.2) is 0 Å². The summed E-state index contributed by atoms with van der Waals surface area (Å²) in [5, 5.41) is 9.73. The highest BCUT2D eigenvalue weighted by atomic mass is 127. The van der Waals surface area contributed by atoms with E-state index in [4.69, 9.17) is 11.6 Å². The van der Waals surface area contributed by atoms with Gasteiger partial charge in [-0.2, -0.15) is 0 Å². The average Bonchev–Trinajstić information content (AvgIpc) is 1.99. The van der Waals surface area contributed by atoms with Gasteiger partial charge in [0.25, 0.3) is 0 Å². The second-order valence-electron chi connectivity index (χ2n) is 2.26. The van der Waals surface area contributed by atoms with Crippen molar-refractivity contribution >= 4 is 34.2 Å². The van der Waals surface area contributed by atoms with Crippen molar-refractivity contribution < 1.29 is 5.11 Å². The van der Waals surface area contributed by atoms with E-state index in [-0.39, 0.29) is 5.75 Å². The lowest BCUT2D eigenvalue weighted by Gasteiger charge is -2.02. The minimum atomic E-state index is 0.185. The molecule has 0 atom stereocenters. The second kappa shape index (κ2) is 3.63. The van der Waals surface area contributed by atoms with Crippen LogP contribution in [0.3, 0.4) is 0 Å². The molecule has 1 aromatic rings. The predicted molar refractivity (Wildman–Crippen MR) is 55.2 cm³/mol. The maximum Gasteiger partial charge on any atom is 0.147 e. The van der Waals surface area contributed by atoms with E-state index in [2.05, 4.69) is 29.5 Å². The third-order valence-electron chi connectivity index (χ3n) is 1.48. The SMILES string of the molecule is CCc1cc(Cl)c(O)c(I)c1. The Kier molecular flexibility index (Phi) is 3.01. The molecule has 0 bridgehead atoms. The van der Waals surface area contributed by atoms with Crippen molar-refractivity contribution in [1.82, 2.24) is 0 Å². The molecule has 11 heavy (non-hydrogen) atoms. The predicted octanol–water partition coefficient (Wildman–Crippen LogP) is 3.21. The van der Waals surface area contributed by atoms with Crippen molar-refractivity contribution in [3.8, 4) is 5.75 Å². The van der Waals surface area contributed by atoms with Crippen LogP contribution in [0.1, 0.15) is 12.5 Å². The maximum atomic E-state index is 9.29. The molecule has 0 saturated carbocycles. The number of phenolic OH excluding ortho intramolecular Hbond substituents is 1. The van der Waals surface area contributed by atoms with Crippen LogP contribution < -0.4 is 0 Å². The largest absolute Gasteiger partial charge is 0.505 e. The number of benzene rings is 1. The molecule has 0 heterocycles. The first-order chi connectivity index (χ1) is 5.15. The summed E-state index contributed by atoms with van der Waals surface area (Å²) in [5.74, 6) is 0.185. The van der Waals surface area contributed by atoms with E-state index in [0.717, 1.165) is 15.6 Å². The molecule has 1 rings (SSSR count). The van der Waals surface area contributed by atoms with Crippen LogP contribution in [0.25, 0.3) is 0 Å². The molecule has 0 spiro atoms. The fraction of sp³-hybridized carbons (Fsp3) is 0.250. The van der Waals surface area contributed by atoms with Crippen molar-refractivity contribution in [3.05, 3.63) is 26.3 Å². The summed E-state index contributed by atoms with van der Waals surface area (Å²) in [6.45, 7) is 2.05. The van der Waals surface area contributed by atoms with Crippen LogP contribution in [0.5, 0.6) is 5.75 Å². The first-order valence-electron chi connectivity index (χ1n) is 3.32. The van der Waals surface area contributed by atoms with Gasteiger partial charge >= 0.3 is 0 Å². The van der Waals surface area contributed by atoms with Crippen LogP contribution in [-0.2, 0) is 6.42 Å². The van der Waals surface area contributed by atoms with Gasteiger partial charge in [0.2, 0.25) is 0 Å². The maximum absolute atomic E-state index is 9.29. The van der Waals surface area contributed by atoms with Gasteiger partial charge in [-0.05, 0) is 46.7 Å². The summed E-state index contributed by atoms with van der Waals surface area (Å²) >= 11 is 7.81. The van der Waals surface area contributed by atoms with Crippen molar-refractivity contribution in [3.63, 3.8) is 0 Å². The molecular weight excluding hydrogens is 274 g/mol. The molecule has 0 saturated heterocycles. The third-order valence-corrected chi connectivity index (χ3v) is 2.60. The lowest BCUT2D eigenvalue weighted by molar-refractivity contribution is 0.471. The second-order valence-corrected chi connectivity index (χ2v) is 3.83. The number of aryl methyl sites for hydroxylation is 1. The molecule has 0 radical (unpaired) electrons. The fourth-order valence-corrected chi connectivity index (χ4v) is 1.91. The lowest BCUT2D eigenvalue weighted by Crippen LogP contribution is -1.83. The van der Waals surface area contributed by atoms with Gasteiger partial charge < -0.3 is 5.11 Å². The molecule has 0 unspecified atom stereocenters. The Morgan fingerprint density at radius 1 is 1.55 bits per heavy atom. The third kappa shape index (κ3) is 1.99. The monoisotopic (exact) mass is 282 g/mol. The highest BCUT2D eigenvalue weighted by molar-refractivity contribution is 14.1. The molecule has 0 aromatic heterocycles. The van der Waals surface area contributed by atoms with E-state index in [0.29, 0.717) is 5.02 Å². The topological polar surface area (TPSA) is 20.2 Å². The van der Waals surface area contributed by atoms with Crippen LogP contribution in [0.15, 0.2) is 12.1 Å². The normalized spacial score (nSPS) is 10.1. The van der Waals surface area contributed by atoms with Gasteiger partial charge in [0.05, 0.1) is 8.59 Å². The van der Waals surface area contributed by atoms with Gasteiger partial charge in [-0.15, -0.1) is 0 Å². The van der Waals surface area contributed by atoms with Crippen molar-refractivity contribution in [2.45, 2.75) is 13.3 Å². The first kappa shape index (κ1) is 9.13. The van der Waals surface area contributed by atoms with E-state index in [1.54, 1.807) is 6.07 Å². The smallest absolute Gasteiger partial charge is 0.147 e. The Morgan fingerprint density at radius 2 is 2.18 bits per heavy atom. The number of rotatable bonds is 1. The molecule has 60 valence electrons. The van der Waals surface area contributed by atoms with Crippen LogP contribution >= 0.6 is 34.2 Å². The zero-order chi connectivity index (χ0) is 8.43. The molecule has 0 aliphatic rings. The molecule has 1 N–H and O–H groups in total. The zero-order valence-corrected chi connectivity index (χ0v) is 8.98. The van der Waals surface area contributed by atoms with Gasteiger partial charge in [-0.25, -0.2) is 0 Å². The fourth-order valence-electron chi connectivity index (χ4n) is 0.822. The van der Waals surface area contributed by atoms with Gasteiger partial charge in [-0.1, -0.05) is 18.5 Å². The van der Waals surface area contributed by atoms with Crippen LogP contribution in [0, 0.1) is 3.57 Å². The Labute approximate surface area is 84.5 Å². The lowest BCUT2D eigenvalue weighted by atomic mass is 10.2. The highest BCUT2D eigenvalue weighted by Gasteiger charge is 2.04. The molecule has 1 nitrogen and oxygen atoms in total. The standard InChI is InChI=1S/C8H8ClIO/c1-2-5-3-6(9)8(11)7(10)4-5/h3-4,11H,2H2,1H3. The molecule has 0 amide bonds. The van der Waals surface area contributed by atoms with E-state index in [9.17, 15) is 5.11 Å². The first-order valence-corrected chi connectivity index (χ1v) is 4.77. The van der Waals surface area contributed by atoms with E-state index in [1.807, 2.05) is 6.07 Å². The summed E-state index contributed by atoms with van der Waals surface area (Å²) in [6, 6.07) is 3.72. The number of phenols is 1. The highest BCUT2D eigenvalue weighted by Crippen LogP contribution is 2.29. The number of hydrogen-bond donors (Lipinski definition) is 1. The molecule has 3 heteroatoms. The Morgan fingerprint density at radius 3 is 2.64 bits per heavy atom. The Balaban J connectivity index is 3.21. The van der Waals surface area contributed by atoms with Crippen molar-refractivity contribution in [1.29, 1.82) is 0 Å². The summed E-state index contributed by atoms with van der Waals surface area (Å²) in [7, 11) is 0. The number of hydrogen-bond acceptors (Lipinski definition) is 1. The Bertz CT molecular complexity index is 250. The Hall–Kier alpha value is 0.0400. The van der Waals surface area contributed by atoms with Crippen LogP contribution in [0.2, 0.25) is 5.02 Å². The van der Waals surface area contributed by atoms with Crippen LogP contribution in [-0.4, -0.2) is 5.11 Å². The van der Waals surface area contributed by atoms with Crippen LogP contribution in [0.4, 0.5) is 0 Å². The van der Waals surface area contributed by atoms with E-state index in [1.165, 1.54) is 0 Å². The van der Waals surface area contributed by atoms with Crippen molar-refractivity contribution in [2.75, 3.05) is 0 Å². The zero-order valence-electron chi connectivity index (χ0n) is 6.06. The summed E-state index contributed by atoms with van der Waals surface area (Å²) in [6.07, 6.45) is 0.940.